The second-order valence-electron chi connectivity index (χ2n) is 4.61. The maximum absolute atomic E-state index is 10.9. The molecule has 0 radical (unpaired) electrons. The predicted molar refractivity (Wildman–Crippen MR) is 54.5 cm³/mol. The highest BCUT2D eigenvalue weighted by Crippen LogP contribution is 2.47. The molecule has 0 aromatic rings. The summed E-state index contributed by atoms with van der Waals surface area (Å²) in [6.07, 6.45) is 7.48. The van der Waals surface area contributed by atoms with Crippen LogP contribution in [0.25, 0.3) is 0 Å². The Kier molecular flexibility index (Phi) is 2.57. The Morgan fingerprint density at radius 3 is 2.71 bits per heavy atom. The Bertz CT molecular complexity index is 252. The van der Waals surface area contributed by atoms with E-state index in [4.69, 9.17) is 0 Å². The lowest BCUT2D eigenvalue weighted by atomic mass is 9.78. The molecule has 0 bridgehead atoms. The number of hydrogen-bond donors (Lipinski definition) is 0. The first-order valence-corrected chi connectivity index (χ1v) is 5.50. The summed E-state index contributed by atoms with van der Waals surface area (Å²) in [6.45, 7) is 3.76. The largest absolute Gasteiger partial charge is 0.264 e. The van der Waals surface area contributed by atoms with Crippen LogP contribution >= 0.6 is 0 Å². The third-order valence-electron chi connectivity index (χ3n) is 3.99. The summed E-state index contributed by atoms with van der Waals surface area (Å²) in [5.74, 6) is 1.29. The van der Waals surface area contributed by atoms with Gasteiger partial charge in [0.05, 0.1) is 0 Å². The molecule has 2 fully saturated rings. The molecule has 2 aliphatic rings. The van der Waals surface area contributed by atoms with Gasteiger partial charge in [-0.2, -0.15) is 0 Å². The summed E-state index contributed by atoms with van der Waals surface area (Å²) in [4.78, 5) is 10.8. The molecule has 2 saturated carbocycles. The summed E-state index contributed by atoms with van der Waals surface area (Å²) in [5, 5.41) is 10.9. The molecule has 0 amide bonds. The van der Waals surface area contributed by atoms with Gasteiger partial charge in [-0.1, -0.05) is 18.9 Å². The molecule has 14 heavy (non-hydrogen) atoms. The minimum Gasteiger partial charge on any atom is -0.264 e. The monoisotopic (exact) mass is 195 g/mol. The number of nitro groups is 1. The number of nitrogens with zero attached hydrogens (tertiary/aromatic N) is 1. The van der Waals surface area contributed by atoms with Crippen molar-refractivity contribution in [2.75, 3.05) is 0 Å². The zero-order chi connectivity index (χ0) is 10.1. The zero-order valence-corrected chi connectivity index (χ0v) is 8.39. The van der Waals surface area contributed by atoms with Gasteiger partial charge in [-0.3, -0.25) is 10.1 Å². The average molecular weight is 195 g/mol. The fourth-order valence-corrected chi connectivity index (χ4v) is 3.35. The van der Waals surface area contributed by atoms with E-state index in [2.05, 4.69) is 6.58 Å². The Morgan fingerprint density at radius 1 is 1.36 bits per heavy atom. The van der Waals surface area contributed by atoms with E-state index in [1.807, 2.05) is 6.08 Å². The van der Waals surface area contributed by atoms with Gasteiger partial charge >= 0.3 is 0 Å². The van der Waals surface area contributed by atoms with E-state index in [0.29, 0.717) is 11.8 Å². The van der Waals surface area contributed by atoms with Crippen molar-refractivity contribution in [3.63, 3.8) is 0 Å². The van der Waals surface area contributed by atoms with Crippen LogP contribution in [0, 0.1) is 27.9 Å². The third-order valence-corrected chi connectivity index (χ3v) is 3.99. The molecule has 0 aromatic carbocycles. The molecule has 0 saturated heterocycles. The summed E-state index contributed by atoms with van der Waals surface area (Å²) >= 11 is 0. The molecular formula is C11H17NO2. The van der Waals surface area contributed by atoms with E-state index < -0.39 is 0 Å². The summed E-state index contributed by atoms with van der Waals surface area (Å²) in [7, 11) is 0. The molecule has 78 valence electrons. The highest BCUT2D eigenvalue weighted by atomic mass is 16.6. The summed E-state index contributed by atoms with van der Waals surface area (Å²) < 4.78 is 0. The van der Waals surface area contributed by atoms with Crippen molar-refractivity contribution in [2.45, 2.75) is 38.1 Å². The number of fused-ring (bicyclic) bond motifs is 1. The topological polar surface area (TPSA) is 43.1 Å². The average Bonchev–Trinajstić information content (AvgIpc) is 2.56. The highest BCUT2D eigenvalue weighted by Gasteiger charge is 2.48. The van der Waals surface area contributed by atoms with Crippen molar-refractivity contribution < 1.29 is 4.92 Å². The molecule has 0 aliphatic heterocycles. The second kappa shape index (κ2) is 3.71. The maximum Gasteiger partial charge on any atom is 0.219 e. The first-order chi connectivity index (χ1) is 6.74. The fraction of sp³-hybridized carbons (Fsp3) is 0.818. The van der Waals surface area contributed by atoms with E-state index in [1.165, 1.54) is 25.7 Å². The minimum atomic E-state index is -0.347. The second-order valence-corrected chi connectivity index (χ2v) is 4.61. The molecule has 0 spiro atoms. The Morgan fingerprint density at radius 2 is 2.07 bits per heavy atom. The van der Waals surface area contributed by atoms with E-state index in [-0.39, 0.29) is 16.9 Å². The van der Waals surface area contributed by atoms with Gasteiger partial charge in [0.15, 0.2) is 0 Å². The van der Waals surface area contributed by atoms with Gasteiger partial charge in [0.25, 0.3) is 0 Å². The number of hydrogen-bond acceptors (Lipinski definition) is 2. The Labute approximate surface area is 84.3 Å². The molecule has 2 unspecified atom stereocenters. The summed E-state index contributed by atoms with van der Waals surface area (Å²) in [5.41, 5.74) is 0. The molecule has 0 heterocycles. The van der Waals surface area contributed by atoms with Crippen LogP contribution in [0.15, 0.2) is 12.7 Å². The lowest BCUT2D eigenvalue weighted by Crippen LogP contribution is -2.25. The maximum atomic E-state index is 10.9. The Balaban J connectivity index is 2.16. The normalized spacial score (nSPS) is 41.7. The van der Waals surface area contributed by atoms with Crippen LogP contribution in [-0.4, -0.2) is 11.0 Å². The van der Waals surface area contributed by atoms with Crippen molar-refractivity contribution in [1.82, 2.24) is 0 Å². The molecule has 3 nitrogen and oxygen atoms in total. The molecule has 3 heteroatoms. The number of rotatable bonds is 2. The van der Waals surface area contributed by atoms with E-state index in [1.54, 1.807) is 0 Å². The quantitative estimate of drug-likeness (QED) is 0.386. The van der Waals surface area contributed by atoms with Crippen molar-refractivity contribution in [2.24, 2.45) is 17.8 Å². The van der Waals surface area contributed by atoms with E-state index >= 15 is 0 Å². The fourth-order valence-electron chi connectivity index (χ4n) is 3.35. The van der Waals surface area contributed by atoms with Gasteiger partial charge < -0.3 is 0 Å². The highest BCUT2D eigenvalue weighted by molar-refractivity contribution is 5.00. The summed E-state index contributed by atoms with van der Waals surface area (Å²) in [6, 6.07) is -0.347. The standard InChI is InChI=1S/C11H17NO2/c1-2-9-10-6-4-3-5-8(10)7-11(9)12(13)14/h2,8-11H,1,3-7H2/t8-,9?,10+,11?/m1/s1. The van der Waals surface area contributed by atoms with Crippen molar-refractivity contribution in [3.8, 4) is 0 Å². The van der Waals surface area contributed by atoms with Gasteiger partial charge in [-0.15, -0.1) is 6.58 Å². The Hall–Kier alpha value is -0.860. The zero-order valence-electron chi connectivity index (χ0n) is 8.39. The SMILES string of the molecule is C=CC1C([N+](=O)[O-])C[C@H]2CCCC[C@H]12. The van der Waals surface area contributed by atoms with Gasteiger partial charge in [-0.05, 0) is 24.7 Å². The van der Waals surface area contributed by atoms with Gasteiger partial charge in [0, 0.05) is 17.3 Å². The van der Waals surface area contributed by atoms with Gasteiger partial charge in [-0.25, -0.2) is 0 Å². The van der Waals surface area contributed by atoms with Crippen LogP contribution in [0.5, 0.6) is 0 Å². The molecular weight excluding hydrogens is 178 g/mol. The van der Waals surface area contributed by atoms with Crippen molar-refractivity contribution >= 4 is 0 Å². The van der Waals surface area contributed by atoms with Crippen LogP contribution in [0.4, 0.5) is 0 Å². The van der Waals surface area contributed by atoms with E-state index in [0.717, 1.165) is 6.42 Å². The van der Waals surface area contributed by atoms with Gasteiger partial charge in [0.1, 0.15) is 0 Å². The molecule has 4 atom stereocenters. The predicted octanol–water partition coefficient (Wildman–Crippen LogP) is 2.64. The third kappa shape index (κ3) is 1.45. The van der Waals surface area contributed by atoms with Crippen LogP contribution in [-0.2, 0) is 0 Å². The first kappa shape index (κ1) is 9.69. The lowest BCUT2D eigenvalue weighted by molar-refractivity contribution is -0.527. The lowest BCUT2D eigenvalue weighted by Gasteiger charge is -2.26. The van der Waals surface area contributed by atoms with Crippen molar-refractivity contribution in [3.05, 3.63) is 22.8 Å². The molecule has 0 aromatic heterocycles. The van der Waals surface area contributed by atoms with Crippen LogP contribution < -0.4 is 0 Å². The van der Waals surface area contributed by atoms with Crippen LogP contribution in [0.3, 0.4) is 0 Å². The molecule has 2 aliphatic carbocycles. The van der Waals surface area contributed by atoms with Crippen molar-refractivity contribution in [1.29, 1.82) is 0 Å². The van der Waals surface area contributed by atoms with Crippen LogP contribution in [0.2, 0.25) is 0 Å². The molecule has 0 N–H and O–H groups in total. The molecule has 2 rings (SSSR count). The van der Waals surface area contributed by atoms with E-state index in [9.17, 15) is 10.1 Å². The minimum absolute atomic E-state index is 0.0926. The first-order valence-electron chi connectivity index (χ1n) is 5.50. The smallest absolute Gasteiger partial charge is 0.219 e. The van der Waals surface area contributed by atoms with Gasteiger partial charge in [0.2, 0.25) is 6.04 Å². The van der Waals surface area contributed by atoms with Crippen LogP contribution in [0.1, 0.15) is 32.1 Å².